The van der Waals surface area contributed by atoms with Crippen LogP contribution in [0.2, 0.25) is 0 Å². The number of sulfone groups is 1. The van der Waals surface area contributed by atoms with Crippen molar-refractivity contribution in [1.82, 2.24) is 4.90 Å². The Bertz CT molecular complexity index is 1600. The minimum atomic E-state index is -6.33. The predicted molar refractivity (Wildman–Crippen MR) is 141 cm³/mol. The predicted octanol–water partition coefficient (Wildman–Crippen LogP) is 6.08. The molecular formula is C30H28F7NO5S. The SMILES string of the molecule is O=C(O)C1CC2(C1)CC(C(=O)N1CC[C@@]3(S(=O)(=O)c4ccccc4)c4ccc(C(F)(C(F)(F)F)C(F)(F)F)cc4CC[C@@H]13)C2. The zero-order chi connectivity index (χ0) is 32.1. The number of alkyl halides is 7. The molecule has 0 bridgehead atoms. The van der Waals surface area contributed by atoms with Gasteiger partial charge in [0.05, 0.1) is 16.9 Å². The van der Waals surface area contributed by atoms with E-state index in [0.29, 0.717) is 37.8 Å². The molecule has 44 heavy (non-hydrogen) atoms. The van der Waals surface area contributed by atoms with E-state index in [0.717, 1.165) is 6.07 Å². The standard InChI is InChI=1S/C30H28F7NO5S/c31-28(29(32,33)34,30(35,36)37)20-7-8-22-17(12-20)6-9-23-27(22,44(42,43)21-4-2-1-3-5-21)10-11-38(23)24(39)18-13-26(14-18)15-19(16-26)25(40)41/h1-5,7-8,12,18-19,23H,6,9-11,13-16H2,(H,40,41)/t18?,19?,23-,26?,27-/m1/s1. The zero-order valence-corrected chi connectivity index (χ0v) is 23.9. The van der Waals surface area contributed by atoms with E-state index in [9.17, 15) is 53.8 Å². The van der Waals surface area contributed by atoms with Crippen molar-refractivity contribution in [3.63, 3.8) is 0 Å². The highest BCUT2D eigenvalue weighted by Gasteiger charge is 2.74. The van der Waals surface area contributed by atoms with Gasteiger partial charge in [0.25, 0.3) is 0 Å². The first-order valence-corrected chi connectivity index (χ1v) is 15.7. The topological polar surface area (TPSA) is 91.8 Å². The number of amides is 1. The van der Waals surface area contributed by atoms with Crippen molar-refractivity contribution in [3.8, 4) is 0 Å². The second-order valence-electron chi connectivity index (χ2n) is 12.6. The number of carboxylic acid groups (broad SMARTS) is 1. The number of aliphatic carboxylic acids is 1. The Balaban J connectivity index is 1.40. The number of carbonyl (C=O) groups excluding carboxylic acids is 1. The molecule has 0 aromatic heterocycles. The second-order valence-corrected chi connectivity index (χ2v) is 14.8. The molecule has 2 aromatic rings. The number of carboxylic acids is 1. The summed E-state index contributed by atoms with van der Waals surface area (Å²) in [5, 5.41) is 9.22. The van der Waals surface area contributed by atoms with Gasteiger partial charge in [-0.25, -0.2) is 12.8 Å². The van der Waals surface area contributed by atoms with Crippen LogP contribution in [0.3, 0.4) is 0 Å². The number of hydrogen-bond donors (Lipinski definition) is 1. The Hall–Kier alpha value is -3.16. The molecule has 1 heterocycles. The highest BCUT2D eigenvalue weighted by atomic mass is 32.2. The monoisotopic (exact) mass is 647 g/mol. The van der Waals surface area contributed by atoms with Crippen molar-refractivity contribution >= 4 is 21.7 Å². The van der Waals surface area contributed by atoms with Crippen LogP contribution in [0.5, 0.6) is 0 Å². The minimum Gasteiger partial charge on any atom is -0.481 e. The van der Waals surface area contributed by atoms with Crippen LogP contribution in [0, 0.1) is 17.3 Å². The van der Waals surface area contributed by atoms with Crippen molar-refractivity contribution in [2.45, 2.75) is 78.7 Å². The van der Waals surface area contributed by atoms with Gasteiger partial charge in [-0.15, -0.1) is 0 Å². The zero-order valence-electron chi connectivity index (χ0n) is 23.1. The van der Waals surface area contributed by atoms with E-state index >= 15 is 0 Å². The fourth-order valence-electron chi connectivity index (χ4n) is 8.19. The van der Waals surface area contributed by atoms with Crippen molar-refractivity contribution in [2.24, 2.45) is 17.3 Å². The minimum absolute atomic E-state index is 0.0177. The first-order chi connectivity index (χ1) is 20.4. The van der Waals surface area contributed by atoms with Crippen LogP contribution in [0.15, 0.2) is 53.4 Å². The molecule has 1 spiro atoms. The summed E-state index contributed by atoms with van der Waals surface area (Å²) in [6.07, 6.45) is -11.2. The average Bonchev–Trinajstić information content (AvgIpc) is 3.31. The smallest absolute Gasteiger partial charge is 0.435 e. The molecule has 1 N–H and O–H groups in total. The summed E-state index contributed by atoms with van der Waals surface area (Å²) >= 11 is 0. The molecule has 1 amide bonds. The van der Waals surface area contributed by atoms with Crippen LogP contribution in [0.25, 0.3) is 0 Å². The highest BCUT2D eigenvalue weighted by Crippen LogP contribution is 2.63. The number of rotatable bonds is 5. The quantitative estimate of drug-likeness (QED) is 0.397. The van der Waals surface area contributed by atoms with E-state index in [-0.39, 0.29) is 53.2 Å². The van der Waals surface area contributed by atoms with Crippen LogP contribution < -0.4 is 0 Å². The van der Waals surface area contributed by atoms with Gasteiger partial charge < -0.3 is 10.0 Å². The van der Waals surface area contributed by atoms with E-state index in [1.54, 1.807) is 6.07 Å². The summed E-state index contributed by atoms with van der Waals surface area (Å²) in [6.45, 7) is -0.0177. The van der Waals surface area contributed by atoms with Gasteiger partial charge in [0.15, 0.2) is 9.84 Å². The Morgan fingerprint density at radius 2 is 1.45 bits per heavy atom. The van der Waals surface area contributed by atoms with Crippen LogP contribution >= 0.6 is 0 Å². The lowest BCUT2D eigenvalue weighted by molar-refractivity contribution is -0.348. The van der Waals surface area contributed by atoms with Crippen molar-refractivity contribution in [1.29, 1.82) is 0 Å². The van der Waals surface area contributed by atoms with Gasteiger partial charge in [-0.1, -0.05) is 36.4 Å². The molecule has 2 saturated carbocycles. The number of halogens is 7. The molecule has 14 heteroatoms. The van der Waals surface area contributed by atoms with Gasteiger partial charge in [-0.05, 0) is 73.6 Å². The van der Waals surface area contributed by atoms with Crippen molar-refractivity contribution < 1.29 is 53.8 Å². The summed E-state index contributed by atoms with van der Waals surface area (Å²) in [7, 11) is -4.39. The first kappa shape index (κ1) is 30.8. The van der Waals surface area contributed by atoms with Crippen LogP contribution in [-0.2, 0) is 36.3 Å². The van der Waals surface area contributed by atoms with Crippen LogP contribution in [0.4, 0.5) is 30.7 Å². The van der Waals surface area contributed by atoms with Gasteiger partial charge >= 0.3 is 24.0 Å². The Morgan fingerprint density at radius 3 is 2.02 bits per heavy atom. The number of aryl methyl sites for hydroxylation is 1. The molecule has 0 radical (unpaired) electrons. The van der Waals surface area contributed by atoms with Crippen molar-refractivity contribution in [2.75, 3.05) is 6.54 Å². The molecule has 2 aromatic carbocycles. The first-order valence-electron chi connectivity index (χ1n) is 14.2. The molecular weight excluding hydrogens is 619 g/mol. The molecule has 0 unspecified atom stereocenters. The fourth-order valence-corrected chi connectivity index (χ4v) is 10.6. The molecule has 4 aliphatic rings. The molecule has 2 atom stereocenters. The van der Waals surface area contributed by atoms with Crippen molar-refractivity contribution in [3.05, 3.63) is 65.2 Å². The Morgan fingerprint density at radius 1 is 0.864 bits per heavy atom. The van der Waals surface area contributed by atoms with Crippen LogP contribution in [-0.4, -0.2) is 55.2 Å². The summed E-state index contributed by atoms with van der Waals surface area (Å²) in [6, 6.07) is 7.88. The number of hydrogen-bond acceptors (Lipinski definition) is 4. The van der Waals surface area contributed by atoms with E-state index < -0.39 is 62.0 Å². The Labute approximate surface area is 248 Å². The lowest BCUT2D eigenvalue weighted by Gasteiger charge is -2.57. The third kappa shape index (κ3) is 4.14. The number of fused-ring (bicyclic) bond motifs is 3. The van der Waals surface area contributed by atoms with E-state index in [1.807, 2.05) is 0 Å². The molecule has 1 aliphatic heterocycles. The molecule has 1 saturated heterocycles. The lowest BCUT2D eigenvalue weighted by atomic mass is 9.48. The third-order valence-corrected chi connectivity index (χ3v) is 12.8. The lowest BCUT2D eigenvalue weighted by Crippen LogP contribution is -2.57. The third-order valence-electron chi connectivity index (χ3n) is 10.3. The second kappa shape index (κ2) is 9.67. The van der Waals surface area contributed by atoms with Gasteiger partial charge in [-0.3, -0.25) is 9.59 Å². The van der Waals surface area contributed by atoms with E-state index in [4.69, 9.17) is 0 Å². The summed E-state index contributed by atoms with van der Waals surface area (Å²) in [5.74, 6) is -2.10. The molecule has 3 aliphatic carbocycles. The Kier molecular flexibility index (Phi) is 6.78. The summed E-state index contributed by atoms with van der Waals surface area (Å²) < 4.78 is 123. The van der Waals surface area contributed by atoms with E-state index in [1.165, 1.54) is 29.2 Å². The summed E-state index contributed by atoms with van der Waals surface area (Å²) in [5.41, 5.74) is -7.79. The molecule has 6 rings (SSSR count). The normalized spacial score (nSPS) is 30.2. The number of nitrogens with zero attached hydrogens (tertiary/aromatic N) is 1. The van der Waals surface area contributed by atoms with Gasteiger partial charge in [0.1, 0.15) is 4.75 Å². The maximum absolute atomic E-state index is 15.0. The van der Waals surface area contributed by atoms with E-state index in [2.05, 4.69) is 0 Å². The van der Waals surface area contributed by atoms with Gasteiger partial charge in [-0.2, -0.15) is 26.3 Å². The molecule has 238 valence electrons. The van der Waals surface area contributed by atoms with Gasteiger partial charge in [0.2, 0.25) is 5.91 Å². The maximum Gasteiger partial charge on any atom is 0.435 e. The largest absolute Gasteiger partial charge is 0.481 e. The van der Waals surface area contributed by atoms with Gasteiger partial charge in [0, 0.05) is 18.0 Å². The number of carbonyl (C=O) groups is 2. The van der Waals surface area contributed by atoms with Crippen LogP contribution in [0.1, 0.15) is 55.2 Å². The number of benzene rings is 2. The average molecular weight is 648 g/mol. The summed E-state index contributed by atoms with van der Waals surface area (Å²) in [4.78, 5) is 26.4. The molecule has 6 nitrogen and oxygen atoms in total. The number of likely N-dealkylation sites (tertiary alicyclic amines) is 1. The highest BCUT2D eigenvalue weighted by molar-refractivity contribution is 7.92. The molecule has 3 fully saturated rings. The maximum atomic E-state index is 15.0. The fraction of sp³-hybridized carbons (Fsp3) is 0.533.